The van der Waals surface area contributed by atoms with Crippen molar-refractivity contribution < 1.29 is 4.39 Å². The van der Waals surface area contributed by atoms with Crippen molar-refractivity contribution in [1.29, 1.82) is 0 Å². The van der Waals surface area contributed by atoms with Gasteiger partial charge >= 0.3 is 0 Å². The Morgan fingerprint density at radius 2 is 2.33 bits per heavy atom. The maximum Gasteiger partial charge on any atom is 0.126 e. The second kappa shape index (κ2) is 6.64. The summed E-state index contributed by atoms with van der Waals surface area (Å²) < 4.78 is 14.5. The topological polar surface area (TPSA) is 15.3 Å². The van der Waals surface area contributed by atoms with Crippen LogP contribution < -0.4 is 5.32 Å². The van der Waals surface area contributed by atoms with Gasteiger partial charge in [0, 0.05) is 23.6 Å². The van der Waals surface area contributed by atoms with Crippen molar-refractivity contribution in [2.24, 2.45) is 0 Å². The maximum atomic E-state index is 13.6. The summed E-state index contributed by atoms with van der Waals surface area (Å²) in [7, 11) is 2.11. The van der Waals surface area contributed by atoms with E-state index in [1.807, 2.05) is 6.07 Å². The zero-order valence-corrected chi connectivity index (χ0v) is 12.3. The second-order valence-corrected chi connectivity index (χ2v) is 5.96. The summed E-state index contributed by atoms with van der Waals surface area (Å²) in [5.41, 5.74) is 0.788. The molecule has 4 heteroatoms. The molecule has 1 aromatic carbocycles. The van der Waals surface area contributed by atoms with E-state index in [-0.39, 0.29) is 5.82 Å². The highest BCUT2D eigenvalue weighted by Crippen LogP contribution is 2.16. The SMILES string of the molecule is CN(CCc1cc(Br)ccc1F)CC1CCCN1. The van der Waals surface area contributed by atoms with Gasteiger partial charge in [0.2, 0.25) is 0 Å². The van der Waals surface area contributed by atoms with Crippen LogP contribution in [0.25, 0.3) is 0 Å². The van der Waals surface area contributed by atoms with Crippen LogP contribution >= 0.6 is 15.9 Å². The molecule has 2 rings (SSSR count). The molecule has 0 radical (unpaired) electrons. The molecular formula is C14H20BrFN2. The standard InChI is InChI=1S/C14H20BrFN2/c1-18(10-13-3-2-7-17-13)8-6-11-9-12(15)4-5-14(11)16/h4-5,9,13,17H,2-3,6-8,10H2,1H3. The Kier molecular flexibility index (Phi) is 5.15. The van der Waals surface area contributed by atoms with Gasteiger partial charge in [0.25, 0.3) is 0 Å². The lowest BCUT2D eigenvalue weighted by Crippen LogP contribution is -2.36. The molecule has 1 aromatic rings. The number of rotatable bonds is 5. The van der Waals surface area contributed by atoms with Crippen LogP contribution in [-0.4, -0.2) is 37.6 Å². The average Bonchev–Trinajstić information content (AvgIpc) is 2.83. The second-order valence-electron chi connectivity index (χ2n) is 5.04. The lowest BCUT2D eigenvalue weighted by molar-refractivity contribution is 0.302. The zero-order chi connectivity index (χ0) is 13.0. The summed E-state index contributed by atoms with van der Waals surface area (Å²) in [6, 6.07) is 5.75. The number of halogens is 2. The van der Waals surface area contributed by atoms with Crippen LogP contribution in [0, 0.1) is 5.82 Å². The van der Waals surface area contributed by atoms with Crippen molar-refractivity contribution in [2.75, 3.05) is 26.7 Å². The smallest absolute Gasteiger partial charge is 0.126 e. The van der Waals surface area contributed by atoms with Gasteiger partial charge in [-0.1, -0.05) is 15.9 Å². The van der Waals surface area contributed by atoms with Crippen LogP contribution in [0.4, 0.5) is 4.39 Å². The van der Waals surface area contributed by atoms with Gasteiger partial charge in [0.1, 0.15) is 5.82 Å². The fourth-order valence-electron chi connectivity index (χ4n) is 2.43. The van der Waals surface area contributed by atoms with Crippen LogP contribution in [-0.2, 0) is 6.42 Å². The van der Waals surface area contributed by atoms with Gasteiger partial charge in [-0.15, -0.1) is 0 Å². The summed E-state index contributed by atoms with van der Waals surface area (Å²) in [6.45, 7) is 3.08. The minimum absolute atomic E-state index is 0.106. The molecule has 2 nitrogen and oxygen atoms in total. The number of hydrogen-bond donors (Lipinski definition) is 1. The Morgan fingerprint density at radius 3 is 3.06 bits per heavy atom. The molecule has 0 bridgehead atoms. The zero-order valence-electron chi connectivity index (χ0n) is 10.8. The summed E-state index contributed by atoms with van der Waals surface area (Å²) >= 11 is 3.38. The molecule has 0 amide bonds. The Balaban J connectivity index is 1.81. The third kappa shape index (κ3) is 4.04. The van der Waals surface area contributed by atoms with Crippen LogP contribution in [0.5, 0.6) is 0 Å². The van der Waals surface area contributed by atoms with Crippen molar-refractivity contribution in [3.05, 3.63) is 34.1 Å². The van der Waals surface area contributed by atoms with Crippen LogP contribution in [0.3, 0.4) is 0 Å². The van der Waals surface area contributed by atoms with Gasteiger partial charge in [-0.25, -0.2) is 4.39 Å². The first-order valence-corrected chi connectivity index (χ1v) is 7.30. The van der Waals surface area contributed by atoms with E-state index in [0.29, 0.717) is 6.04 Å². The van der Waals surface area contributed by atoms with Gasteiger partial charge in [0.05, 0.1) is 0 Å². The average molecular weight is 315 g/mol. The molecule has 0 aromatic heterocycles. The molecule has 18 heavy (non-hydrogen) atoms. The molecule has 1 atom stereocenters. The fourth-order valence-corrected chi connectivity index (χ4v) is 2.83. The summed E-state index contributed by atoms with van der Waals surface area (Å²) in [5, 5.41) is 3.48. The lowest BCUT2D eigenvalue weighted by atomic mass is 10.1. The van der Waals surface area contributed by atoms with Crippen molar-refractivity contribution in [3.8, 4) is 0 Å². The molecule has 100 valence electrons. The van der Waals surface area contributed by atoms with Crippen molar-refractivity contribution in [1.82, 2.24) is 10.2 Å². The van der Waals surface area contributed by atoms with Crippen LogP contribution in [0.2, 0.25) is 0 Å². The molecule has 1 heterocycles. The largest absolute Gasteiger partial charge is 0.313 e. The quantitative estimate of drug-likeness (QED) is 0.899. The molecule has 1 unspecified atom stereocenters. The first-order valence-electron chi connectivity index (χ1n) is 6.51. The third-order valence-electron chi connectivity index (χ3n) is 3.47. The molecule has 1 fully saturated rings. The van der Waals surface area contributed by atoms with Crippen LogP contribution in [0.15, 0.2) is 22.7 Å². The molecule has 1 saturated heterocycles. The lowest BCUT2D eigenvalue weighted by Gasteiger charge is -2.21. The minimum Gasteiger partial charge on any atom is -0.313 e. The van der Waals surface area contributed by atoms with E-state index >= 15 is 0 Å². The van der Waals surface area contributed by atoms with Crippen molar-refractivity contribution >= 4 is 15.9 Å². The molecule has 0 aliphatic carbocycles. The number of benzene rings is 1. The number of nitrogens with zero attached hydrogens (tertiary/aromatic N) is 1. The highest BCUT2D eigenvalue weighted by molar-refractivity contribution is 9.10. The van der Waals surface area contributed by atoms with E-state index < -0.39 is 0 Å². The van der Waals surface area contributed by atoms with E-state index in [1.165, 1.54) is 18.9 Å². The molecule has 1 aliphatic rings. The number of hydrogen-bond acceptors (Lipinski definition) is 2. The maximum absolute atomic E-state index is 13.6. The Labute approximate surface area is 117 Å². The van der Waals surface area contributed by atoms with Gasteiger partial charge in [0.15, 0.2) is 0 Å². The van der Waals surface area contributed by atoms with Gasteiger partial charge in [-0.3, -0.25) is 0 Å². The van der Waals surface area contributed by atoms with E-state index in [1.54, 1.807) is 6.07 Å². The molecule has 1 N–H and O–H groups in total. The first kappa shape index (κ1) is 14.0. The minimum atomic E-state index is -0.106. The predicted molar refractivity (Wildman–Crippen MR) is 76.3 cm³/mol. The first-order chi connectivity index (χ1) is 8.65. The van der Waals surface area contributed by atoms with Gasteiger partial charge in [-0.2, -0.15) is 0 Å². The fraction of sp³-hybridized carbons (Fsp3) is 0.571. The molecular weight excluding hydrogens is 295 g/mol. The predicted octanol–water partition coefficient (Wildman–Crippen LogP) is 2.81. The number of nitrogens with one attached hydrogen (secondary N) is 1. The normalized spacial score (nSPS) is 19.7. The van der Waals surface area contributed by atoms with E-state index in [2.05, 4.69) is 33.2 Å². The highest BCUT2D eigenvalue weighted by atomic mass is 79.9. The van der Waals surface area contributed by atoms with Gasteiger partial charge < -0.3 is 10.2 Å². The molecule has 1 aliphatic heterocycles. The number of likely N-dealkylation sites (N-methyl/N-ethyl adjacent to an activating group) is 1. The third-order valence-corrected chi connectivity index (χ3v) is 3.96. The van der Waals surface area contributed by atoms with Crippen molar-refractivity contribution in [3.63, 3.8) is 0 Å². The summed E-state index contributed by atoms with van der Waals surface area (Å²) in [4.78, 5) is 2.28. The summed E-state index contributed by atoms with van der Waals surface area (Å²) in [6.07, 6.45) is 3.29. The Hall–Kier alpha value is -0.450. The van der Waals surface area contributed by atoms with E-state index in [4.69, 9.17) is 0 Å². The van der Waals surface area contributed by atoms with Crippen LogP contribution in [0.1, 0.15) is 18.4 Å². The molecule has 0 spiro atoms. The monoisotopic (exact) mass is 314 g/mol. The van der Waals surface area contributed by atoms with E-state index in [0.717, 1.165) is 36.1 Å². The summed E-state index contributed by atoms with van der Waals surface area (Å²) in [5.74, 6) is -0.106. The highest BCUT2D eigenvalue weighted by Gasteiger charge is 2.15. The molecule has 0 saturated carbocycles. The van der Waals surface area contributed by atoms with E-state index in [9.17, 15) is 4.39 Å². The van der Waals surface area contributed by atoms with Crippen molar-refractivity contribution in [2.45, 2.75) is 25.3 Å². The Bertz CT molecular complexity index is 391. The van der Waals surface area contributed by atoms with Gasteiger partial charge in [-0.05, 0) is 56.6 Å². The Morgan fingerprint density at radius 1 is 1.50 bits per heavy atom.